The number of hydrogen-bond donors (Lipinski definition) is 3. The van der Waals surface area contributed by atoms with Crippen molar-refractivity contribution in [2.24, 2.45) is 0 Å². The zero-order valence-corrected chi connectivity index (χ0v) is 10.9. The Labute approximate surface area is 119 Å². The van der Waals surface area contributed by atoms with Gasteiger partial charge in [-0.2, -0.15) is 4.98 Å². The molecule has 21 heavy (non-hydrogen) atoms. The van der Waals surface area contributed by atoms with Crippen molar-refractivity contribution in [1.82, 2.24) is 20.4 Å². The van der Waals surface area contributed by atoms with Crippen LogP contribution >= 0.6 is 0 Å². The number of carbonyl (C=O) groups excluding carboxylic acids is 1. The number of urea groups is 1. The Bertz CT molecular complexity index is 597. The second kappa shape index (κ2) is 6.98. The Kier molecular flexibility index (Phi) is 4.80. The van der Waals surface area contributed by atoms with Gasteiger partial charge in [-0.1, -0.05) is 5.16 Å². The average molecular weight is 291 g/mol. The third-order valence-electron chi connectivity index (χ3n) is 2.46. The number of amides is 2. The van der Waals surface area contributed by atoms with Crippen LogP contribution < -0.4 is 10.6 Å². The molecule has 2 aromatic rings. The molecule has 3 N–H and O–H groups in total. The molecule has 0 aliphatic heterocycles. The second-order valence-electron chi connectivity index (χ2n) is 4.09. The number of nitrogens with zero attached hydrogens (tertiary/aromatic N) is 3. The molecule has 110 valence electrons. The Morgan fingerprint density at radius 3 is 2.76 bits per heavy atom. The highest BCUT2D eigenvalue weighted by Gasteiger charge is 2.05. The van der Waals surface area contributed by atoms with Crippen LogP contribution in [0.5, 0.6) is 0 Å². The molecule has 0 fully saturated rings. The zero-order valence-electron chi connectivity index (χ0n) is 10.9. The Morgan fingerprint density at radius 1 is 1.29 bits per heavy atom. The largest absolute Gasteiger partial charge is 0.481 e. The first-order valence-electron chi connectivity index (χ1n) is 6.10. The van der Waals surface area contributed by atoms with E-state index >= 15 is 0 Å². The topological polar surface area (TPSA) is 130 Å². The van der Waals surface area contributed by atoms with Gasteiger partial charge in [0.25, 0.3) is 0 Å². The van der Waals surface area contributed by atoms with E-state index in [4.69, 9.17) is 5.11 Å². The summed E-state index contributed by atoms with van der Waals surface area (Å²) in [6.07, 6.45) is 2.92. The number of carbonyl (C=O) groups is 2. The van der Waals surface area contributed by atoms with Gasteiger partial charge in [-0.3, -0.25) is 9.78 Å². The maximum Gasteiger partial charge on any atom is 0.319 e. The second-order valence-corrected chi connectivity index (χ2v) is 4.09. The molecule has 0 aromatic carbocycles. The van der Waals surface area contributed by atoms with Gasteiger partial charge in [0.1, 0.15) is 0 Å². The molecule has 9 nitrogen and oxygen atoms in total. The summed E-state index contributed by atoms with van der Waals surface area (Å²) in [6, 6.07) is 2.74. The summed E-state index contributed by atoms with van der Waals surface area (Å²) in [5.41, 5.74) is 0.895. The summed E-state index contributed by atoms with van der Waals surface area (Å²) in [5.74, 6) is -0.447. The van der Waals surface area contributed by atoms with Gasteiger partial charge in [-0.15, -0.1) is 0 Å². The summed E-state index contributed by atoms with van der Waals surface area (Å²) in [5, 5.41) is 17.4. The van der Waals surface area contributed by atoms with Crippen LogP contribution in [-0.2, 0) is 17.6 Å². The Hall–Kier alpha value is -2.97. The van der Waals surface area contributed by atoms with Crippen LogP contribution in [0.1, 0.15) is 11.5 Å². The minimum atomic E-state index is -0.956. The van der Waals surface area contributed by atoms with Crippen molar-refractivity contribution in [1.29, 1.82) is 0 Å². The van der Waals surface area contributed by atoms with E-state index in [0.29, 0.717) is 30.2 Å². The molecule has 0 saturated heterocycles. The molecule has 2 heterocycles. The highest BCUT2D eigenvalue weighted by Crippen LogP contribution is 2.06. The van der Waals surface area contributed by atoms with Crippen LogP contribution in [0.3, 0.4) is 0 Å². The van der Waals surface area contributed by atoms with E-state index in [0.717, 1.165) is 0 Å². The summed E-state index contributed by atoms with van der Waals surface area (Å²) >= 11 is 0. The van der Waals surface area contributed by atoms with Gasteiger partial charge in [-0.05, 0) is 12.1 Å². The van der Waals surface area contributed by atoms with E-state index in [1.165, 1.54) is 12.6 Å². The predicted molar refractivity (Wildman–Crippen MR) is 70.6 cm³/mol. The number of aliphatic carboxylic acids is 1. The van der Waals surface area contributed by atoms with Crippen molar-refractivity contribution in [3.05, 3.63) is 36.2 Å². The molecule has 0 spiro atoms. The monoisotopic (exact) mass is 291 g/mol. The van der Waals surface area contributed by atoms with E-state index in [1.54, 1.807) is 12.1 Å². The van der Waals surface area contributed by atoms with Gasteiger partial charge >= 0.3 is 12.0 Å². The molecule has 0 aliphatic rings. The number of nitrogens with one attached hydrogen (secondary N) is 2. The summed E-state index contributed by atoms with van der Waals surface area (Å²) in [4.78, 5) is 29.9. The van der Waals surface area contributed by atoms with Gasteiger partial charge < -0.3 is 20.3 Å². The highest BCUT2D eigenvalue weighted by molar-refractivity contribution is 5.89. The van der Waals surface area contributed by atoms with Gasteiger partial charge in [0, 0.05) is 13.0 Å². The van der Waals surface area contributed by atoms with Crippen LogP contribution in [0, 0.1) is 0 Å². The first-order valence-corrected chi connectivity index (χ1v) is 6.10. The number of carboxylic acid groups (broad SMARTS) is 1. The summed E-state index contributed by atoms with van der Waals surface area (Å²) in [7, 11) is 0. The minimum absolute atomic E-state index is 0.156. The van der Waals surface area contributed by atoms with Gasteiger partial charge in [0.2, 0.25) is 6.39 Å². The van der Waals surface area contributed by atoms with Gasteiger partial charge in [0.05, 0.1) is 24.0 Å². The van der Waals surface area contributed by atoms with Gasteiger partial charge in [0.15, 0.2) is 5.82 Å². The van der Waals surface area contributed by atoms with Gasteiger partial charge in [-0.25, -0.2) is 4.79 Å². The lowest BCUT2D eigenvalue weighted by Gasteiger charge is -2.06. The molecular weight excluding hydrogens is 278 g/mol. The maximum atomic E-state index is 11.6. The molecule has 0 unspecified atom stereocenters. The van der Waals surface area contributed by atoms with Crippen LogP contribution in [0.15, 0.2) is 29.2 Å². The molecule has 2 amide bonds. The number of aromatic nitrogens is 3. The standard InChI is InChI=1S/C12H13N5O4/c18-11(19)5-8-1-2-9(6-14-8)16-12(20)13-4-3-10-15-7-21-17-10/h1-2,6-7H,3-5H2,(H,18,19)(H2,13,16,20). The van der Waals surface area contributed by atoms with Crippen molar-refractivity contribution in [3.8, 4) is 0 Å². The van der Waals surface area contributed by atoms with E-state index in [-0.39, 0.29) is 6.42 Å². The van der Waals surface area contributed by atoms with Crippen molar-refractivity contribution < 1.29 is 19.2 Å². The predicted octanol–water partition coefficient (Wildman–Crippen LogP) is 0.456. The Balaban J connectivity index is 1.75. The Morgan fingerprint density at radius 2 is 2.14 bits per heavy atom. The maximum absolute atomic E-state index is 11.6. The van der Waals surface area contributed by atoms with Crippen molar-refractivity contribution >= 4 is 17.7 Å². The van der Waals surface area contributed by atoms with Crippen LogP contribution in [0.4, 0.5) is 10.5 Å². The number of carboxylic acids is 1. The first-order chi connectivity index (χ1) is 10.1. The van der Waals surface area contributed by atoms with Crippen LogP contribution in [0.2, 0.25) is 0 Å². The van der Waals surface area contributed by atoms with E-state index in [9.17, 15) is 9.59 Å². The number of rotatable bonds is 6. The van der Waals surface area contributed by atoms with Crippen molar-refractivity contribution in [2.45, 2.75) is 12.8 Å². The third kappa shape index (κ3) is 4.90. The fourth-order valence-electron chi connectivity index (χ4n) is 1.52. The normalized spacial score (nSPS) is 10.1. The average Bonchev–Trinajstić information content (AvgIpc) is 2.93. The highest BCUT2D eigenvalue weighted by atomic mass is 16.5. The molecule has 0 atom stereocenters. The lowest BCUT2D eigenvalue weighted by Crippen LogP contribution is -2.30. The molecule has 0 saturated carbocycles. The van der Waals surface area contributed by atoms with E-state index in [1.807, 2.05) is 0 Å². The quantitative estimate of drug-likeness (QED) is 0.704. The molecule has 2 aromatic heterocycles. The lowest BCUT2D eigenvalue weighted by atomic mass is 10.2. The molecule has 0 bridgehead atoms. The molecule has 2 rings (SSSR count). The molecule has 0 radical (unpaired) electrons. The lowest BCUT2D eigenvalue weighted by molar-refractivity contribution is -0.136. The molecule has 9 heteroatoms. The third-order valence-corrected chi connectivity index (χ3v) is 2.46. The van der Waals surface area contributed by atoms with Crippen LogP contribution in [-0.4, -0.2) is 38.8 Å². The first kappa shape index (κ1) is 14.4. The number of anilines is 1. The number of pyridine rings is 1. The summed E-state index contributed by atoms with van der Waals surface area (Å²) in [6.45, 7) is 0.357. The summed E-state index contributed by atoms with van der Waals surface area (Å²) < 4.78 is 4.57. The van der Waals surface area contributed by atoms with E-state index < -0.39 is 12.0 Å². The fourth-order valence-corrected chi connectivity index (χ4v) is 1.52. The smallest absolute Gasteiger partial charge is 0.319 e. The molecular formula is C12H13N5O4. The zero-order chi connectivity index (χ0) is 15.1. The SMILES string of the molecule is O=C(O)Cc1ccc(NC(=O)NCCc2ncon2)cn1. The minimum Gasteiger partial charge on any atom is -0.481 e. The fraction of sp³-hybridized carbons (Fsp3) is 0.250. The van der Waals surface area contributed by atoms with Crippen molar-refractivity contribution in [3.63, 3.8) is 0 Å². The van der Waals surface area contributed by atoms with Crippen molar-refractivity contribution in [2.75, 3.05) is 11.9 Å². The van der Waals surface area contributed by atoms with Crippen LogP contribution in [0.25, 0.3) is 0 Å². The number of hydrogen-bond acceptors (Lipinski definition) is 6. The molecule has 0 aliphatic carbocycles. The van der Waals surface area contributed by atoms with E-state index in [2.05, 4.69) is 30.3 Å².